The summed E-state index contributed by atoms with van der Waals surface area (Å²) < 4.78 is 1.97. The standard InChI is InChI=1S/C20H22ClN5S/c21-18-8-6-17(7-9-18)19(25-12-14-27-15-13-25)20-22-23-24-26(20)11-10-16-4-2-1-3-5-16/h1-9,19H,10-15H2/p+1/t19-/m0/s1. The van der Waals surface area contributed by atoms with Crippen LogP contribution < -0.4 is 4.90 Å². The van der Waals surface area contributed by atoms with Gasteiger partial charge in [0.1, 0.15) is 0 Å². The molecule has 1 aliphatic heterocycles. The Balaban J connectivity index is 1.62. The van der Waals surface area contributed by atoms with Gasteiger partial charge in [-0.2, -0.15) is 11.8 Å². The molecule has 5 nitrogen and oxygen atoms in total. The summed E-state index contributed by atoms with van der Waals surface area (Å²) in [6, 6.07) is 18.7. The summed E-state index contributed by atoms with van der Waals surface area (Å²) in [5.41, 5.74) is 2.51. The van der Waals surface area contributed by atoms with Crippen molar-refractivity contribution in [3.63, 3.8) is 0 Å². The first kappa shape index (κ1) is 18.5. The van der Waals surface area contributed by atoms with Gasteiger partial charge >= 0.3 is 0 Å². The molecular formula is C20H23ClN5S+. The highest BCUT2D eigenvalue weighted by Gasteiger charge is 2.32. The average Bonchev–Trinajstić information content (AvgIpc) is 3.18. The van der Waals surface area contributed by atoms with Gasteiger partial charge in [-0.3, -0.25) is 0 Å². The fraction of sp³-hybridized carbons (Fsp3) is 0.350. The smallest absolute Gasteiger partial charge is 0.214 e. The Morgan fingerprint density at radius 2 is 1.78 bits per heavy atom. The van der Waals surface area contributed by atoms with Crippen molar-refractivity contribution >= 4 is 23.4 Å². The van der Waals surface area contributed by atoms with Crippen molar-refractivity contribution in [2.45, 2.75) is 19.0 Å². The Kier molecular flexibility index (Phi) is 6.07. The highest BCUT2D eigenvalue weighted by atomic mass is 35.5. The molecule has 2 heterocycles. The van der Waals surface area contributed by atoms with Crippen molar-refractivity contribution in [3.8, 4) is 0 Å². The van der Waals surface area contributed by atoms with Crippen LogP contribution in [0.1, 0.15) is 23.0 Å². The fourth-order valence-electron chi connectivity index (χ4n) is 3.60. The summed E-state index contributed by atoms with van der Waals surface area (Å²) in [4.78, 5) is 1.52. The molecule has 1 atom stereocenters. The Morgan fingerprint density at radius 3 is 2.52 bits per heavy atom. The van der Waals surface area contributed by atoms with Gasteiger partial charge in [0.2, 0.25) is 5.82 Å². The second kappa shape index (κ2) is 8.87. The lowest BCUT2D eigenvalue weighted by Gasteiger charge is -2.30. The highest BCUT2D eigenvalue weighted by molar-refractivity contribution is 7.99. The number of aromatic nitrogens is 4. The zero-order chi connectivity index (χ0) is 18.5. The van der Waals surface area contributed by atoms with E-state index in [0.717, 1.165) is 36.9 Å². The largest absolute Gasteiger partial charge is 0.321 e. The van der Waals surface area contributed by atoms with Crippen LogP contribution in [0.25, 0.3) is 0 Å². The number of nitrogens with one attached hydrogen (secondary N) is 1. The maximum Gasteiger partial charge on any atom is 0.214 e. The van der Waals surface area contributed by atoms with E-state index in [1.807, 2.05) is 34.6 Å². The first-order valence-electron chi connectivity index (χ1n) is 9.29. The molecule has 0 unspecified atom stereocenters. The second-order valence-electron chi connectivity index (χ2n) is 6.75. The normalized spacial score (nSPS) is 16.3. The van der Waals surface area contributed by atoms with Crippen LogP contribution >= 0.6 is 23.4 Å². The lowest BCUT2D eigenvalue weighted by atomic mass is 10.0. The number of thioether (sulfide) groups is 1. The molecule has 1 saturated heterocycles. The molecule has 0 spiro atoms. The summed E-state index contributed by atoms with van der Waals surface area (Å²) in [6.07, 6.45) is 0.914. The number of hydrogen-bond acceptors (Lipinski definition) is 4. The molecule has 140 valence electrons. The van der Waals surface area contributed by atoms with Crippen LogP contribution in [0, 0.1) is 0 Å². The molecule has 1 fully saturated rings. The summed E-state index contributed by atoms with van der Waals surface area (Å²) in [5.74, 6) is 3.28. The maximum atomic E-state index is 6.12. The van der Waals surface area contributed by atoms with Gasteiger partial charge in [-0.25, -0.2) is 4.68 Å². The number of aryl methyl sites for hydroxylation is 2. The van der Waals surface area contributed by atoms with Gasteiger partial charge in [0.15, 0.2) is 6.04 Å². The molecule has 1 aromatic heterocycles. The third-order valence-electron chi connectivity index (χ3n) is 5.02. The molecule has 0 radical (unpaired) electrons. The third-order valence-corrected chi connectivity index (χ3v) is 6.26. The maximum absolute atomic E-state index is 6.12. The molecule has 27 heavy (non-hydrogen) atoms. The van der Waals surface area contributed by atoms with Crippen molar-refractivity contribution in [2.24, 2.45) is 0 Å². The van der Waals surface area contributed by atoms with Crippen LogP contribution in [0.2, 0.25) is 5.02 Å². The van der Waals surface area contributed by atoms with Crippen molar-refractivity contribution in [1.82, 2.24) is 20.2 Å². The molecule has 1 aliphatic rings. The molecule has 1 N–H and O–H groups in total. The topological polar surface area (TPSA) is 48.0 Å². The lowest BCUT2D eigenvalue weighted by Crippen LogP contribution is -3.14. The van der Waals surface area contributed by atoms with E-state index in [1.54, 1.807) is 0 Å². The van der Waals surface area contributed by atoms with Crippen LogP contribution in [0.5, 0.6) is 0 Å². The van der Waals surface area contributed by atoms with Crippen LogP contribution in [0.4, 0.5) is 0 Å². The van der Waals surface area contributed by atoms with Crippen molar-refractivity contribution in [2.75, 3.05) is 24.6 Å². The minimum absolute atomic E-state index is 0.133. The quantitative estimate of drug-likeness (QED) is 0.689. The number of benzene rings is 2. The van der Waals surface area contributed by atoms with Gasteiger partial charge in [0.25, 0.3) is 0 Å². The molecule has 7 heteroatoms. The molecule has 2 aromatic carbocycles. The van der Waals surface area contributed by atoms with Gasteiger partial charge in [-0.15, -0.1) is 5.10 Å². The number of nitrogens with zero attached hydrogens (tertiary/aromatic N) is 4. The molecule has 4 rings (SSSR count). The van der Waals surface area contributed by atoms with E-state index in [2.05, 4.69) is 51.9 Å². The van der Waals surface area contributed by atoms with E-state index in [1.165, 1.54) is 27.5 Å². The second-order valence-corrected chi connectivity index (χ2v) is 8.41. The molecule has 0 bridgehead atoms. The SMILES string of the molecule is Clc1ccc([C@@H](c2nnnn2CCc2ccccc2)[NH+]2CCSCC2)cc1. The number of quaternary nitrogens is 1. The first-order valence-corrected chi connectivity index (χ1v) is 10.8. The van der Waals surface area contributed by atoms with E-state index >= 15 is 0 Å². The fourth-order valence-corrected chi connectivity index (χ4v) is 4.75. The van der Waals surface area contributed by atoms with Gasteiger partial charge in [-0.1, -0.05) is 54.1 Å². The predicted molar refractivity (Wildman–Crippen MR) is 109 cm³/mol. The van der Waals surface area contributed by atoms with E-state index in [9.17, 15) is 0 Å². The van der Waals surface area contributed by atoms with Crippen molar-refractivity contribution in [3.05, 3.63) is 76.6 Å². The van der Waals surface area contributed by atoms with Crippen LogP contribution in [-0.4, -0.2) is 44.8 Å². The van der Waals surface area contributed by atoms with Gasteiger partial charge in [-0.05, 0) is 34.5 Å². The number of tetrazole rings is 1. The molecule has 0 saturated carbocycles. The molecule has 3 aromatic rings. The Bertz CT molecular complexity index is 846. The summed E-state index contributed by atoms with van der Waals surface area (Å²) in [6.45, 7) is 3.01. The molecule has 0 amide bonds. The van der Waals surface area contributed by atoms with Gasteiger partial charge in [0, 0.05) is 28.6 Å². The molecule has 0 aliphatic carbocycles. The highest BCUT2D eigenvalue weighted by Crippen LogP contribution is 2.20. The lowest BCUT2D eigenvalue weighted by molar-refractivity contribution is -0.922. The van der Waals surface area contributed by atoms with Gasteiger partial charge in [0.05, 0.1) is 13.1 Å². The van der Waals surface area contributed by atoms with E-state index in [4.69, 9.17) is 11.6 Å². The third kappa shape index (κ3) is 4.51. The van der Waals surface area contributed by atoms with E-state index in [-0.39, 0.29) is 6.04 Å². The Labute approximate surface area is 168 Å². The van der Waals surface area contributed by atoms with E-state index in [0.29, 0.717) is 0 Å². The number of rotatable bonds is 6. The first-order chi connectivity index (χ1) is 13.3. The van der Waals surface area contributed by atoms with E-state index < -0.39 is 0 Å². The number of halogens is 1. The summed E-state index contributed by atoms with van der Waals surface area (Å²) in [5, 5.41) is 13.5. The summed E-state index contributed by atoms with van der Waals surface area (Å²) in [7, 11) is 0. The minimum Gasteiger partial charge on any atom is -0.321 e. The van der Waals surface area contributed by atoms with Crippen LogP contribution in [0.15, 0.2) is 54.6 Å². The zero-order valence-electron chi connectivity index (χ0n) is 15.1. The monoisotopic (exact) mass is 400 g/mol. The Morgan fingerprint density at radius 1 is 1.04 bits per heavy atom. The zero-order valence-corrected chi connectivity index (χ0v) is 16.7. The van der Waals surface area contributed by atoms with Crippen LogP contribution in [0.3, 0.4) is 0 Å². The predicted octanol–water partition coefficient (Wildman–Crippen LogP) is 2.29. The molecular weight excluding hydrogens is 378 g/mol. The number of hydrogen-bond donors (Lipinski definition) is 1. The van der Waals surface area contributed by atoms with Crippen LogP contribution in [-0.2, 0) is 13.0 Å². The van der Waals surface area contributed by atoms with Gasteiger partial charge < -0.3 is 4.90 Å². The average molecular weight is 401 g/mol. The van der Waals surface area contributed by atoms with Crippen molar-refractivity contribution in [1.29, 1.82) is 0 Å². The van der Waals surface area contributed by atoms with Crippen molar-refractivity contribution < 1.29 is 4.90 Å². The summed E-state index contributed by atoms with van der Waals surface area (Å²) >= 11 is 8.14. The minimum atomic E-state index is 0.133. The Hall–Kier alpha value is -1.89.